The molecular weight excluding hydrogens is 306 g/mol. The molecular formula is C22H23N3. The zero-order valence-electron chi connectivity index (χ0n) is 14.4. The van der Waals surface area contributed by atoms with Crippen LogP contribution in [0.25, 0.3) is 5.57 Å². The van der Waals surface area contributed by atoms with Crippen LogP contribution in [0.2, 0.25) is 0 Å². The van der Waals surface area contributed by atoms with Crippen LogP contribution >= 0.6 is 0 Å². The van der Waals surface area contributed by atoms with Gasteiger partial charge >= 0.3 is 0 Å². The quantitative estimate of drug-likeness (QED) is 0.801. The molecule has 25 heavy (non-hydrogen) atoms. The predicted molar refractivity (Wildman–Crippen MR) is 102 cm³/mol. The van der Waals surface area contributed by atoms with E-state index in [0.717, 1.165) is 19.5 Å². The third-order valence-corrected chi connectivity index (χ3v) is 5.83. The minimum absolute atomic E-state index is 0.449. The van der Waals surface area contributed by atoms with Crippen LogP contribution in [0.15, 0.2) is 72.7 Å². The number of rotatable bonds is 2. The van der Waals surface area contributed by atoms with E-state index in [1.807, 2.05) is 12.5 Å². The van der Waals surface area contributed by atoms with Gasteiger partial charge < -0.3 is 9.47 Å². The Morgan fingerprint density at radius 2 is 1.76 bits per heavy atom. The number of nitrogens with zero attached hydrogens (tertiary/aromatic N) is 3. The molecule has 3 heteroatoms. The number of piperidine rings is 1. The SMILES string of the molecule is C1=CC2=C(C=CC1)[C@@H](C1CCN(c3ccccc3)CC1)n1cncc12. The lowest BCUT2D eigenvalue weighted by molar-refractivity contribution is 0.314. The summed E-state index contributed by atoms with van der Waals surface area (Å²) in [4.78, 5) is 6.96. The summed E-state index contributed by atoms with van der Waals surface area (Å²) in [6.07, 6.45) is 16.7. The van der Waals surface area contributed by atoms with Crippen molar-refractivity contribution in [3.63, 3.8) is 0 Å². The Bertz CT molecular complexity index is 848. The normalized spacial score (nSPS) is 22.9. The van der Waals surface area contributed by atoms with Gasteiger partial charge in [0, 0.05) is 24.4 Å². The van der Waals surface area contributed by atoms with Crippen molar-refractivity contribution in [1.29, 1.82) is 0 Å². The number of imidazole rings is 1. The molecule has 2 aromatic rings. The van der Waals surface area contributed by atoms with Gasteiger partial charge in [0.15, 0.2) is 0 Å². The van der Waals surface area contributed by atoms with Gasteiger partial charge in [-0.2, -0.15) is 0 Å². The summed E-state index contributed by atoms with van der Waals surface area (Å²) in [7, 11) is 0. The zero-order chi connectivity index (χ0) is 16.6. The summed E-state index contributed by atoms with van der Waals surface area (Å²) in [6, 6.07) is 11.3. The average Bonchev–Trinajstić information content (AvgIpc) is 3.16. The van der Waals surface area contributed by atoms with Crippen LogP contribution in [0.5, 0.6) is 0 Å². The van der Waals surface area contributed by atoms with Crippen molar-refractivity contribution in [2.75, 3.05) is 18.0 Å². The molecule has 0 bridgehead atoms. The molecule has 0 unspecified atom stereocenters. The van der Waals surface area contributed by atoms with Crippen LogP contribution in [-0.4, -0.2) is 22.6 Å². The first-order valence-corrected chi connectivity index (χ1v) is 9.31. The van der Waals surface area contributed by atoms with Gasteiger partial charge in [-0.3, -0.25) is 0 Å². The lowest BCUT2D eigenvalue weighted by Gasteiger charge is -2.37. The van der Waals surface area contributed by atoms with Crippen LogP contribution in [0.1, 0.15) is 31.0 Å². The molecule has 1 fully saturated rings. The molecule has 1 atom stereocenters. The highest BCUT2D eigenvalue weighted by molar-refractivity contribution is 5.80. The summed E-state index contributed by atoms with van der Waals surface area (Å²) < 4.78 is 2.41. The predicted octanol–water partition coefficient (Wildman–Crippen LogP) is 4.62. The largest absolute Gasteiger partial charge is 0.372 e. The van der Waals surface area contributed by atoms with Crippen LogP contribution in [0, 0.1) is 5.92 Å². The minimum atomic E-state index is 0.449. The van der Waals surface area contributed by atoms with E-state index in [2.05, 4.69) is 69.1 Å². The number of hydrogen-bond acceptors (Lipinski definition) is 2. The molecule has 3 nitrogen and oxygen atoms in total. The molecule has 1 aromatic carbocycles. The fourth-order valence-electron chi connectivity index (χ4n) is 4.61. The fraction of sp³-hybridized carbons (Fsp3) is 0.318. The van der Waals surface area contributed by atoms with Crippen molar-refractivity contribution >= 4 is 11.3 Å². The van der Waals surface area contributed by atoms with E-state index in [4.69, 9.17) is 0 Å². The Kier molecular flexibility index (Phi) is 3.58. The first-order valence-electron chi connectivity index (χ1n) is 9.31. The summed E-state index contributed by atoms with van der Waals surface area (Å²) >= 11 is 0. The third kappa shape index (κ3) is 2.46. The Labute approximate surface area is 149 Å². The van der Waals surface area contributed by atoms with E-state index in [1.165, 1.54) is 35.4 Å². The molecule has 0 spiro atoms. The smallest absolute Gasteiger partial charge is 0.0956 e. The maximum Gasteiger partial charge on any atom is 0.0956 e. The number of aromatic nitrogens is 2. The average molecular weight is 329 g/mol. The molecule has 0 amide bonds. The van der Waals surface area contributed by atoms with E-state index < -0.39 is 0 Å². The molecule has 3 aliphatic rings. The lowest BCUT2D eigenvalue weighted by Crippen LogP contribution is -2.36. The minimum Gasteiger partial charge on any atom is -0.372 e. The van der Waals surface area contributed by atoms with Crippen molar-refractivity contribution in [1.82, 2.24) is 9.55 Å². The molecule has 0 radical (unpaired) electrons. The van der Waals surface area contributed by atoms with Crippen molar-refractivity contribution in [2.45, 2.75) is 25.3 Å². The maximum absolute atomic E-state index is 4.43. The van der Waals surface area contributed by atoms with Crippen LogP contribution in [0.4, 0.5) is 5.69 Å². The van der Waals surface area contributed by atoms with E-state index in [-0.39, 0.29) is 0 Å². The molecule has 5 rings (SSSR count). The Morgan fingerprint density at radius 3 is 2.60 bits per heavy atom. The molecule has 0 N–H and O–H groups in total. The number of para-hydroxylation sites is 1. The molecule has 0 saturated carbocycles. The number of allylic oxidation sites excluding steroid dienone is 6. The Hall–Kier alpha value is -2.55. The van der Waals surface area contributed by atoms with Gasteiger partial charge in [0.2, 0.25) is 0 Å². The Morgan fingerprint density at radius 1 is 0.960 bits per heavy atom. The summed E-state index contributed by atoms with van der Waals surface area (Å²) in [5, 5.41) is 0. The Balaban J connectivity index is 1.41. The van der Waals surface area contributed by atoms with Crippen LogP contribution < -0.4 is 4.90 Å². The molecule has 1 saturated heterocycles. The number of anilines is 1. The highest BCUT2D eigenvalue weighted by Crippen LogP contribution is 2.45. The molecule has 3 heterocycles. The second-order valence-electron chi connectivity index (χ2n) is 7.20. The topological polar surface area (TPSA) is 21.1 Å². The molecule has 2 aliphatic heterocycles. The zero-order valence-corrected chi connectivity index (χ0v) is 14.4. The van der Waals surface area contributed by atoms with Gasteiger partial charge in [0.1, 0.15) is 0 Å². The van der Waals surface area contributed by atoms with Gasteiger partial charge in [-0.15, -0.1) is 0 Å². The van der Waals surface area contributed by atoms with E-state index in [1.54, 1.807) is 0 Å². The van der Waals surface area contributed by atoms with Crippen LogP contribution in [-0.2, 0) is 0 Å². The van der Waals surface area contributed by atoms with Crippen molar-refractivity contribution in [3.8, 4) is 0 Å². The van der Waals surface area contributed by atoms with Gasteiger partial charge in [-0.05, 0) is 42.9 Å². The van der Waals surface area contributed by atoms with Gasteiger partial charge in [0.05, 0.1) is 24.3 Å². The van der Waals surface area contributed by atoms with Crippen LogP contribution in [0.3, 0.4) is 0 Å². The standard InChI is InChI=1S/C22H23N3/c1-3-7-18(8-4-1)24-13-11-17(12-14-24)22-20-10-6-2-5-9-19(20)21-15-23-16-25(21)22/h1,3-10,15-17,22H,2,11-14H2/t22-/m1/s1. The summed E-state index contributed by atoms with van der Waals surface area (Å²) in [5.41, 5.74) is 5.51. The first-order chi connectivity index (χ1) is 12.4. The molecule has 1 aromatic heterocycles. The van der Waals surface area contributed by atoms with Gasteiger partial charge in [-0.1, -0.05) is 42.5 Å². The highest BCUT2D eigenvalue weighted by Gasteiger charge is 2.36. The first kappa shape index (κ1) is 14.8. The fourth-order valence-corrected chi connectivity index (χ4v) is 4.61. The third-order valence-electron chi connectivity index (χ3n) is 5.83. The highest BCUT2D eigenvalue weighted by atomic mass is 15.1. The maximum atomic E-state index is 4.43. The number of fused-ring (bicyclic) bond motifs is 2. The number of hydrogen-bond donors (Lipinski definition) is 0. The van der Waals surface area contributed by atoms with E-state index >= 15 is 0 Å². The number of benzene rings is 1. The van der Waals surface area contributed by atoms with Crippen molar-refractivity contribution in [2.24, 2.45) is 5.92 Å². The molecule has 1 aliphatic carbocycles. The van der Waals surface area contributed by atoms with Crippen molar-refractivity contribution in [3.05, 3.63) is 78.4 Å². The van der Waals surface area contributed by atoms with Crippen molar-refractivity contribution < 1.29 is 0 Å². The monoisotopic (exact) mass is 329 g/mol. The van der Waals surface area contributed by atoms with Gasteiger partial charge in [-0.25, -0.2) is 4.98 Å². The molecule has 126 valence electrons. The summed E-state index contributed by atoms with van der Waals surface area (Å²) in [6.45, 7) is 2.27. The van der Waals surface area contributed by atoms with E-state index in [9.17, 15) is 0 Å². The van der Waals surface area contributed by atoms with E-state index in [0.29, 0.717) is 12.0 Å². The summed E-state index contributed by atoms with van der Waals surface area (Å²) in [5.74, 6) is 0.677. The van der Waals surface area contributed by atoms with Gasteiger partial charge in [0.25, 0.3) is 0 Å². The second kappa shape index (κ2) is 6.07. The second-order valence-corrected chi connectivity index (χ2v) is 7.20. The lowest BCUT2D eigenvalue weighted by atomic mass is 9.84.